The molecule has 1 saturated heterocycles. The van der Waals surface area contributed by atoms with Gasteiger partial charge in [0.15, 0.2) is 0 Å². The summed E-state index contributed by atoms with van der Waals surface area (Å²) in [4.78, 5) is 11.8. The van der Waals surface area contributed by atoms with Gasteiger partial charge in [-0.15, -0.1) is 0 Å². The van der Waals surface area contributed by atoms with E-state index in [0.717, 1.165) is 6.42 Å². The van der Waals surface area contributed by atoms with E-state index in [9.17, 15) is 4.79 Å². The highest BCUT2D eigenvalue weighted by Crippen LogP contribution is 2.21. The van der Waals surface area contributed by atoms with E-state index < -0.39 is 0 Å². The molecule has 0 aromatic heterocycles. The fraction of sp³-hybridized carbons (Fsp3) is 0.462. The molecule has 2 rings (SSSR count). The Morgan fingerprint density at radius 3 is 2.62 bits per heavy atom. The van der Waals surface area contributed by atoms with Crippen molar-refractivity contribution in [1.29, 1.82) is 0 Å². The van der Waals surface area contributed by atoms with Crippen molar-refractivity contribution in [2.45, 2.75) is 19.4 Å². The average Bonchev–Trinajstić information content (AvgIpc) is 2.26. The third kappa shape index (κ3) is 2.42. The molecule has 0 bridgehead atoms. The minimum atomic E-state index is -0.237. The van der Waals surface area contributed by atoms with E-state index in [1.165, 1.54) is 0 Å². The zero-order valence-corrected chi connectivity index (χ0v) is 9.39. The van der Waals surface area contributed by atoms with Gasteiger partial charge in [-0.2, -0.15) is 0 Å². The third-order valence-corrected chi connectivity index (χ3v) is 2.86. The molecule has 1 fully saturated rings. The number of ether oxygens (including phenoxy) is 2. The van der Waals surface area contributed by atoms with Gasteiger partial charge in [0, 0.05) is 5.92 Å². The zero-order valence-electron chi connectivity index (χ0n) is 9.39. The van der Waals surface area contributed by atoms with Gasteiger partial charge in [0.05, 0.1) is 18.8 Å². The predicted molar refractivity (Wildman–Crippen MR) is 60.2 cm³/mol. The van der Waals surface area contributed by atoms with Gasteiger partial charge in [0.1, 0.15) is 6.10 Å². The van der Waals surface area contributed by atoms with Crippen LogP contribution in [0.2, 0.25) is 0 Å². The van der Waals surface area contributed by atoms with Crippen molar-refractivity contribution in [3.05, 3.63) is 35.9 Å². The summed E-state index contributed by atoms with van der Waals surface area (Å²) in [5.41, 5.74) is 0.612. The third-order valence-electron chi connectivity index (χ3n) is 2.86. The molecule has 1 aromatic rings. The first-order valence-corrected chi connectivity index (χ1v) is 5.65. The smallest absolute Gasteiger partial charge is 0.338 e. The molecule has 1 atom stereocenters. The highest BCUT2D eigenvalue weighted by molar-refractivity contribution is 5.89. The molecule has 0 radical (unpaired) electrons. The van der Waals surface area contributed by atoms with Crippen LogP contribution < -0.4 is 0 Å². The standard InChI is InChI=1S/C13H16O3/c1-2-12(11-8-15-9-11)16-13(14)10-6-4-3-5-7-10/h3-7,11-12H,2,8-9H2,1H3. The lowest BCUT2D eigenvalue weighted by molar-refractivity contribution is -0.0973. The number of carbonyl (C=O) groups is 1. The Bertz CT molecular complexity index is 343. The lowest BCUT2D eigenvalue weighted by Crippen LogP contribution is -2.40. The van der Waals surface area contributed by atoms with Crippen molar-refractivity contribution in [3.8, 4) is 0 Å². The van der Waals surface area contributed by atoms with Crippen LogP contribution in [-0.2, 0) is 9.47 Å². The summed E-state index contributed by atoms with van der Waals surface area (Å²) in [5, 5.41) is 0. The number of rotatable bonds is 4. The molecule has 0 aliphatic carbocycles. The first kappa shape index (κ1) is 11.1. The summed E-state index contributed by atoms with van der Waals surface area (Å²) in [5.74, 6) is 0.136. The molecule has 16 heavy (non-hydrogen) atoms. The maximum atomic E-state index is 11.8. The molecule has 1 heterocycles. The second-order valence-electron chi connectivity index (χ2n) is 4.02. The van der Waals surface area contributed by atoms with Crippen LogP contribution in [0.4, 0.5) is 0 Å². The van der Waals surface area contributed by atoms with Crippen LogP contribution in [0.1, 0.15) is 23.7 Å². The van der Waals surface area contributed by atoms with Crippen LogP contribution in [0.25, 0.3) is 0 Å². The van der Waals surface area contributed by atoms with Gasteiger partial charge < -0.3 is 9.47 Å². The van der Waals surface area contributed by atoms with E-state index in [1.807, 2.05) is 25.1 Å². The molecule has 0 saturated carbocycles. The quantitative estimate of drug-likeness (QED) is 0.730. The van der Waals surface area contributed by atoms with Crippen molar-refractivity contribution in [2.75, 3.05) is 13.2 Å². The molecule has 0 N–H and O–H groups in total. The second kappa shape index (κ2) is 5.12. The lowest BCUT2D eigenvalue weighted by Gasteiger charge is -2.32. The number of benzene rings is 1. The number of hydrogen-bond acceptors (Lipinski definition) is 3. The van der Waals surface area contributed by atoms with E-state index in [1.54, 1.807) is 12.1 Å². The van der Waals surface area contributed by atoms with Crippen LogP contribution >= 0.6 is 0 Å². The lowest BCUT2D eigenvalue weighted by atomic mass is 9.98. The largest absolute Gasteiger partial charge is 0.458 e. The van der Waals surface area contributed by atoms with E-state index >= 15 is 0 Å². The Balaban J connectivity index is 1.95. The van der Waals surface area contributed by atoms with Gasteiger partial charge in [-0.25, -0.2) is 4.79 Å². The van der Waals surface area contributed by atoms with Crippen LogP contribution in [0, 0.1) is 5.92 Å². The van der Waals surface area contributed by atoms with Crippen molar-refractivity contribution in [3.63, 3.8) is 0 Å². The van der Waals surface area contributed by atoms with Crippen LogP contribution in [0.3, 0.4) is 0 Å². The molecule has 3 heteroatoms. The van der Waals surface area contributed by atoms with Gasteiger partial charge in [0.2, 0.25) is 0 Å². The summed E-state index contributed by atoms with van der Waals surface area (Å²) in [7, 11) is 0. The molecule has 1 aliphatic heterocycles. The second-order valence-corrected chi connectivity index (χ2v) is 4.02. The van der Waals surface area contributed by atoms with Gasteiger partial charge >= 0.3 is 5.97 Å². The van der Waals surface area contributed by atoms with Gasteiger partial charge in [0.25, 0.3) is 0 Å². The molecule has 1 aliphatic rings. The number of esters is 1. The summed E-state index contributed by atoms with van der Waals surface area (Å²) >= 11 is 0. The Morgan fingerprint density at radius 1 is 1.44 bits per heavy atom. The molecular formula is C13H16O3. The summed E-state index contributed by atoms with van der Waals surface area (Å²) < 4.78 is 10.6. The zero-order chi connectivity index (χ0) is 11.4. The van der Waals surface area contributed by atoms with E-state index in [2.05, 4.69) is 0 Å². The molecule has 0 spiro atoms. The minimum absolute atomic E-state index is 0.0125. The molecule has 1 aromatic carbocycles. The molecule has 0 amide bonds. The van der Waals surface area contributed by atoms with Crippen molar-refractivity contribution in [1.82, 2.24) is 0 Å². The van der Waals surface area contributed by atoms with E-state index in [-0.39, 0.29) is 12.1 Å². The van der Waals surface area contributed by atoms with E-state index in [4.69, 9.17) is 9.47 Å². The van der Waals surface area contributed by atoms with Crippen LogP contribution in [-0.4, -0.2) is 25.3 Å². The van der Waals surface area contributed by atoms with Crippen molar-refractivity contribution in [2.24, 2.45) is 5.92 Å². The Labute approximate surface area is 95.4 Å². The first-order chi connectivity index (χ1) is 7.81. The number of hydrogen-bond donors (Lipinski definition) is 0. The van der Waals surface area contributed by atoms with Crippen LogP contribution in [0.5, 0.6) is 0 Å². The maximum absolute atomic E-state index is 11.8. The topological polar surface area (TPSA) is 35.5 Å². The Morgan fingerprint density at radius 2 is 2.12 bits per heavy atom. The fourth-order valence-corrected chi connectivity index (χ4v) is 1.76. The maximum Gasteiger partial charge on any atom is 0.338 e. The summed E-state index contributed by atoms with van der Waals surface area (Å²) in [6, 6.07) is 9.10. The highest BCUT2D eigenvalue weighted by atomic mass is 16.6. The normalized spacial score (nSPS) is 17.6. The fourth-order valence-electron chi connectivity index (χ4n) is 1.76. The minimum Gasteiger partial charge on any atom is -0.458 e. The highest BCUT2D eigenvalue weighted by Gasteiger charge is 2.30. The molecule has 1 unspecified atom stereocenters. The predicted octanol–water partition coefficient (Wildman–Crippen LogP) is 2.27. The van der Waals surface area contributed by atoms with Crippen molar-refractivity contribution < 1.29 is 14.3 Å². The molecule has 3 nitrogen and oxygen atoms in total. The Hall–Kier alpha value is -1.35. The van der Waals surface area contributed by atoms with Gasteiger partial charge in [-0.1, -0.05) is 25.1 Å². The van der Waals surface area contributed by atoms with E-state index in [0.29, 0.717) is 24.7 Å². The summed E-state index contributed by atoms with van der Waals surface area (Å²) in [6.45, 7) is 3.45. The molecule has 86 valence electrons. The SMILES string of the molecule is CCC(OC(=O)c1ccccc1)C1COC1. The molecular weight excluding hydrogens is 204 g/mol. The van der Waals surface area contributed by atoms with Crippen molar-refractivity contribution >= 4 is 5.97 Å². The van der Waals surface area contributed by atoms with Gasteiger partial charge in [-0.3, -0.25) is 0 Å². The van der Waals surface area contributed by atoms with Gasteiger partial charge in [-0.05, 0) is 18.6 Å². The summed E-state index contributed by atoms with van der Waals surface area (Å²) in [6.07, 6.45) is 0.827. The monoisotopic (exact) mass is 220 g/mol. The Kier molecular flexibility index (Phi) is 3.57. The number of carbonyl (C=O) groups excluding carboxylic acids is 1. The van der Waals surface area contributed by atoms with Crippen LogP contribution in [0.15, 0.2) is 30.3 Å². The average molecular weight is 220 g/mol. The first-order valence-electron chi connectivity index (χ1n) is 5.65.